The molecule has 23 heavy (non-hydrogen) atoms. The molecule has 0 unspecified atom stereocenters. The van der Waals surface area contributed by atoms with Crippen molar-refractivity contribution in [3.8, 4) is 11.5 Å². The first-order valence-corrected chi connectivity index (χ1v) is 7.78. The molecule has 2 aromatic carbocycles. The summed E-state index contributed by atoms with van der Waals surface area (Å²) in [5.41, 5.74) is 6.91. The average molecular weight is 313 g/mol. The van der Waals surface area contributed by atoms with E-state index in [1.807, 2.05) is 44.2 Å². The summed E-state index contributed by atoms with van der Waals surface area (Å²) in [7, 11) is 0. The molecule has 2 N–H and O–H groups in total. The molecule has 0 fully saturated rings. The zero-order chi connectivity index (χ0) is 16.7. The minimum atomic E-state index is -0.594. The number of nitrogens with two attached hydrogens (primary N) is 1. The summed E-state index contributed by atoms with van der Waals surface area (Å²) in [6.07, 6.45) is 0.608. The Hall–Kier alpha value is -2.33. The second-order valence-corrected chi connectivity index (χ2v) is 5.90. The molecule has 0 spiro atoms. The molecule has 0 saturated carbocycles. The van der Waals surface area contributed by atoms with Gasteiger partial charge in [0.15, 0.2) is 0 Å². The molecule has 0 aliphatic heterocycles. The number of esters is 1. The van der Waals surface area contributed by atoms with Gasteiger partial charge in [-0.15, -0.1) is 0 Å². The second-order valence-electron chi connectivity index (χ2n) is 5.90. The lowest BCUT2D eigenvalue weighted by atomic mass is 10.1. The summed E-state index contributed by atoms with van der Waals surface area (Å²) in [6.45, 7) is 4.54. The molecule has 4 heteroatoms. The van der Waals surface area contributed by atoms with Gasteiger partial charge >= 0.3 is 5.97 Å². The van der Waals surface area contributed by atoms with E-state index in [1.54, 1.807) is 24.3 Å². The zero-order valence-electron chi connectivity index (χ0n) is 13.6. The lowest BCUT2D eigenvalue weighted by Crippen LogP contribution is -2.35. The summed E-state index contributed by atoms with van der Waals surface area (Å²) in [4.78, 5) is 11.9. The Kier molecular flexibility index (Phi) is 6.18. The van der Waals surface area contributed by atoms with Crippen LogP contribution in [0.3, 0.4) is 0 Å². The highest BCUT2D eigenvalue weighted by Gasteiger charge is 2.17. The van der Waals surface area contributed by atoms with Crippen LogP contribution in [-0.2, 0) is 11.4 Å². The number of rotatable bonds is 7. The van der Waals surface area contributed by atoms with Crippen LogP contribution in [0.2, 0.25) is 0 Å². The van der Waals surface area contributed by atoms with Gasteiger partial charge in [-0.3, -0.25) is 0 Å². The van der Waals surface area contributed by atoms with Crippen LogP contribution in [0, 0.1) is 5.92 Å². The van der Waals surface area contributed by atoms with Crippen LogP contribution >= 0.6 is 0 Å². The van der Waals surface area contributed by atoms with E-state index >= 15 is 0 Å². The normalized spacial score (nSPS) is 12.0. The van der Waals surface area contributed by atoms with Crippen molar-refractivity contribution in [2.75, 3.05) is 0 Å². The zero-order valence-corrected chi connectivity index (χ0v) is 13.6. The summed E-state index contributed by atoms with van der Waals surface area (Å²) in [6, 6.07) is 16.3. The first-order chi connectivity index (χ1) is 11.0. The fourth-order valence-electron chi connectivity index (χ4n) is 2.14. The van der Waals surface area contributed by atoms with Crippen LogP contribution in [0.25, 0.3) is 0 Å². The molecule has 122 valence electrons. The summed E-state index contributed by atoms with van der Waals surface area (Å²) >= 11 is 0. The van der Waals surface area contributed by atoms with Gasteiger partial charge in [-0.2, -0.15) is 0 Å². The number of hydrogen-bond donors (Lipinski definition) is 1. The van der Waals surface area contributed by atoms with E-state index in [0.29, 0.717) is 24.7 Å². The maximum Gasteiger partial charge on any atom is 0.328 e. The number of carbonyl (C=O) groups excluding carboxylic acids is 1. The Bertz CT molecular complexity index is 608. The van der Waals surface area contributed by atoms with Crippen LogP contribution < -0.4 is 15.2 Å². The third-order valence-corrected chi connectivity index (χ3v) is 3.32. The van der Waals surface area contributed by atoms with Crippen molar-refractivity contribution in [2.45, 2.75) is 32.9 Å². The summed E-state index contributed by atoms with van der Waals surface area (Å²) < 4.78 is 11.0. The highest BCUT2D eigenvalue weighted by Crippen LogP contribution is 2.19. The molecule has 2 aromatic rings. The lowest BCUT2D eigenvalue weighted by molar-refractivity contribution is -0.136. The predicted molar refractivity (Wildman–Crippen MR) is 90.3 cm³/mol. The molecule has 0 bridgehead atoms. The van der Waals surface area contributed by atoms with E-state index in [2.05, 4.69) is 0 Å². The van der Waals surface area contributed by atoms with Crippen molar-refractivity contribution in [1.29, 1.82) is 0 Å². The minimum absolute atomic E-state index is 0.353. The predicted octanol–water partition coefficient (Wildman–Crippen LogP) is 3.54. The van der Waals surface area contributed by atoms with E-state index in [-0.39, 0.29) is 0 Å². The van der Waals surface area contributed by atoms with Crippen LogP contribution in [0.1, 0.15) is 25.8 Å². The Labute approximate surface area is 137 Å². The van der Waals surface area contributed by atoms with Gasteiger partial charge in [0.05, 0.1) is 0 Å². The van der Waals surface area contributed by atoms with Gasteiger partial charge in [0.1, 0.15) is 24.1 Å². The van der Waals surface area contributed by atoms with Gasteiger partial charge in [0.25, 0.3) is 0 Å². The topological polar surface area (TPSA) is 61.6 Å². The molecule has 0 aromatic heterocycles. The fraction of sp³-hybridized carbons (Fsp3) is 0.316. The first-order valence-electron chi connectivity index (χ1n) is 7.78. The molecule has 0 aliphatic rings. The van der Waals surface area contributed by atoms with Crippen molar-refractivity contribution in [3.63, 3.8) is 0 Å². The quantitative estimate of drug-likeness (QED) is 0.627. The van der Waals surface area contributed by atoms with Crippen LogP contribution in [0.15, 0.2) is 54.6 Å². The smallest absolute Gasteiger partial charge is 0.328 e. The van der Waals surface area contributed by atoms with Gasteiger partial charge in [-0.25, -0.2) is 4.79 Å². The highest BCUT2D eigenvalue weighted by atomic mass is 16.5. The fourth-order valence-corrected chi connectivity index (χ4v) is 2.14. The monoisotopic (exact) mass is 313 g/mol. The first kappa shape index (κ1) is 17.0. The van der Waals surface area contributed by atoms with Crippen LogP contribution in [-0.4, -0.2) is 12.0 Å². The van der Waals surface area contributed by atoms with E-state index in [4.69, 9.17) is 15.2 Å². The Morgan fingerprint density at radius 3 is 2.22 bits per heavy atom. The summed E-state index contributed by atoms with van der Waals surface area (Å²) in [5.74, 6) is 1.14. The minimum Gasteiger partial charge on any atom is -0.489 e. The standard InChI is InChI=1S/C19H23NO3/c1-14(2)12-18(20)19(21)23-17-10-8-16(9-11-17)22-13-15-6-4-3-5-7-15/h3-11,14,18H,12-13,20H2,1-2H3/t18-/m0/s1. The molecule has 1 atom stereocenters. The molecule has 0 saturated heterocycles. The molecule has 0 radical (unpaired) electrons. The number of ether oxygens (including phenoxy) is 2. The molecule has 0 amide bonds. The second kappa shape index (κ2) is 8.34. The Morgan fingerprint density at radius 1 is 1.00 bits per heavy atom. The van der Waals surface area contributed by atoms with E-state index < -0.39 is 12.0 Å². The van der Waals surface area contributed by atoms with Gasteiger partial charge in [0, 0.05) is 0 Å². The van der Waals surface area contributed by atoms with Crippen molar-refractivity contribution in [3.05, 3.63) is 60.2 Å². The van der Waals surface area contributed by atoms with Gasteiger partial charge < -0.3 is 15.2 Å². The summed E-state index contributed by atoms with van der Waals surface area (Å²) in [5, 5.41) is 0. The van der Waals surface area contributed by atoms with E-state index in [0.717, 1.165) is 11.3 Å². The number of benzene rings is 2. The maximum atomic E-state index is 11.9. The van der Waals surface area contributed by atoms with Crippen molar-refractivity contribution < 1.29 is 14.3 Å². The van der Waals surface area contributed by atoms with Gasteiger partial charge in [0.2, 0.25) is 0 Å². The lowest BCUT2D eigenvalue weighted by Gasteiger charge is -2.13. The van der Waals surface area contributed by atoms with E-state index in [1.165, 1.54) is 0 Å². The largest absolute Gasteiger partial charge is 0.489 e. The van der Waals surface area contributed by atoms with Gasteiger partial charge in [-0.05, 0) is 42.2 Å². The maximum absolute atomic E-state index is 11.9. The van der Waals surface area contributed by atoms with Gasteiger partial charge in [-0.1, -0.05) is 44.2 Å². The molecular formula is C19H23NO3. The van der Waals surface area contributed by atoms with Crippen molar-refractivity contribution in [1.82, 2.24) is 0 Å². The molecule has 0 aliphatic carbocycles. The number of carbonyl (C=O) groups is 1. The van der Waals surface area contributed by atoms with Crippen LogP contribution in [0.5, 0.6) is 11.5 Å². The van der Waals surface area contributed by atoms with E-state index in [9.17, 15) is 4.79 Å². The van der Waals surface area contributed by atoms with Crippen molar-refractivity contribution >= 4 is 5.97 Å². The molecule has 4 nitrogen and oxygen atoms in total. The third-order valence-electron chi connectivity index (χ3n) is 3.32. The molecule has 0 heterocycles. The SMILES string of the molecule is CC(C)C[C@H](N)C(=O)Oc1ccc(OCc2ccccc2)cc1. The number of hydrogen-bond acceptors (Lipinski definition) is 4. The highest BCUT2D eigenvalue weighted by molar-refractivity contribution is 5.77. The van der Waals surface area contributed by atoms with Crippen molar-refractivity contribution in [2.24, 2.45) is 11.7 Å². The third kappa shape index (κ3) is 5.75. The van der Waals surface area contributed by atoms with Crippen LogP contribution in [0.4, 0.5) is 0 Å². The molecule has 2 rings (SSSR count). The Morgan fingerprint density at radius 2 is 1.61 bits per heavy atom. The average Bonchev–Trinajstić information content (AvgIpc) is 2.54. The molecular weight excluding hydrogens is 290 g/mol. The Balaban J connectivity index is 1.85.